The number of hydrogen-bond acceptors (Lipinski definition) is 2. The Kier molecular flexibility index (Phi) is 7.16. The van der Waals surface area contributed by atoms with Crippen LogP contribution in [0, 0.1) is 17.2 Å². The minimum atomic E-state index is -1.76. The first-order valence-electron chi connectivity index (χ1n) is 8.53. The SMILES string of the molecule is CC(C)[Si](OCC1=CCCC(CC#N)C1)(C(C)C)C(C)C. The van der Waals surface area contributed by atoms with Gasteiger partial charge in [-0.15, -0.1) is 0 Å². The molecular weight excluding hydrogens is 274 g/mol. The van der Waals surface area contributed by atoms with Gasteiger partial charge in [0.15, 0.2) is 0 Å². The lowest BCUT2D eigenvalue weighted by atomic mass is 9.87. The Morgan fingerprint density at radius 3 is 2.24 bits per heavy atom. The Balaban J connectivity index is 2.74. The Labute approximate surface area is 132 Å². The minimum absolute atomic E-state index is 0.548. The van der Waals surface area contributed by atoms with E-state index in [0.717, 1.165) is 25.9 Å². The van der Waals surface area contributed by atoms with E-state index in [9.17, 15) is 0 Å². The van der Waals surface area contributed by atoms with Gasteiger partial charge in [0.05, 0.1) is 12.7 Å². The van der Waals surface area contributed by atoms with Gasteiger partial charge in [-0.25, -0.2) is 0 Å². The molecule has 0 spiro atoms. The molecule has 0 N–H and O–H groups in total. The molecule has 0 aromatic rings. The zero-order valence-corrected chi connectivity index (χ0v) is 15.8. The molecule has 0 aliphatic heterocycles. The normalized spacial score (nSPS) is 20.0. The fraction of sp³-hybridized carbons (Fsp3) is 0.833. The second kappa shape index (κ2) is 8.15. The van der Waals surface area contributed by atoms with Crippen molar-refractivity contribution in [3.05, 3.63) is 11.6 Å². The predicted octanol–water partition coefficient (Wildman–Crippen LogP) is 5.82. The van der Waals surface area contributed by atoms with Gasteiger partial charge >= 0.3 is 0 Å². The van der Waals surface area contributed by atoms with Crippen LogP contribution in [-0.2, 0) is 4.43 Å². The topological polar surface area (TPSA) is 33.0 Å². The standard InChI is InChI=1S/C18H33NOSi/c1-14(2)21(15(3)4,16(5)6)20-13-18-9-7-8-17(12-18)10-11-19/h9,14-17H,7-8,10,12-13H2,1-6H3. The van der Waals surface area contributed by atoms with Gasteiger partial charge in [0, 0.05) is 6.42 Å². The van der Waals surface area contributed by atoms with E-state index in [1.54, 1.807) is 0 Å². The van der Waals surface area contributed by atoms with E-state index in [0.29, 0.717) is 29.0 Å². The van der Waals surface area contributed by atoms with Crippen LogP contribution in [0.1, 0.15) is 67.2 Å². The van der Waals surface area contributed by atoms with Crippen LogP contribution >= 0.6 is 0 Å². The van der Waals surface area contributed by atoms with E-state index in [4.69, 9.17) is 9.69 Å². The largest absolute Gasteiger partial charge is 0.412 e. The molecule has 1 aliphatic rings. The molecule has 0 fully saturated rings. The zero-order chi connectivity index (χ0) is 16.0. The summed E-state index contributed by atoms with van der Waals surface area (Å²) < 4.78 is 6.67. The van der Waals surface area contributed by atoms with Gasteiger partial charge in [0.2, 0.25) is 8.32 Å². The lowest BCUT2D eigenvalue weighted by molar-refractivity contribution is 0.293. The van der Waals surface area contributed by atoms with Crippen LogP contribution in [0.3, 0.4) is 0 Å². The molecule has 0 heterocycles. The third-order valence-electron chi connectivity index (χ3n) is 5.15. The zero-order valence-electron chi connectivity index (χ0n) is 14.8. The molecule has 1 unspecified atom stereocenters. The third-order valence-corrected chi connectivity index (χ3v) is 11.2. The molecule has 0 radical (unpaired) electrons. The first-order chi connectivity index (χ1) is 9.84. The summed E-state index contributed by atoms with van der Waals surface area (Å²) >= 11 is 0. The van der Waals surface area contributed by atoms with E-state index in [1.807, 2.05) is 0 Å². The van der Waals surface area contributed by atoms with Crippen molar-refractivity contribution in [1.29, 1.82) is 5.26 Å². The molecule has 3 heteroatoms. The van der Waals surface area contributed by atoms with Gasteiger partial charge in [0.1, 0.15) is 0 Å². The van der Waals surface area contributed by atoms with E-state index in [1.165, 1.54) is 5.57 Å². The molecule has 0 aromatic heterocycles. The number of allylic oxidation sites excluding steroid dienone is 1. The average Bonchev–Trinajstić information content (AvgIpc) is 2.39. The van der Waals surface area contributed by atoms with Crippen molar-refractivity contribution in [2.45, 2.75) is 83.8 Å². The van der Waals surface area contributed by atoms with Crippen molar-refractivity contribution in [2.75, 3.05) is 6.61 Å². The molecule has 2 nitrogen and oxygen atoms in total. The molecule has 0 saturated heterocycles. The van der Waals surface area contributed by atoms with E-state index in [-0.39, 0.29) is 0 Å². The summed E-state index contributed by atoms with van der Waals surface area (Å²) in [5, 5.41) is 8.89. The summed E-state index contributed by atoms with van der Waals surface area (Å²) in [5.41, 5.74) is 3.34. The predicted molar refractivity (Wildman–Crippen MR) is 92.7 cm³/mol. The minimum Gasteiger partial charge on any atom is -0.412 e. The lowest BCUT2D eigenvalue weighted by Gasteiger charge is -2.42. The first kappa shape index (κ1) is 18.5. The van der Waals surface area contributed by atoms with Crippen molar-refractivity contribution < 1.29 is 4.43 Å². The van der Waals surface area contributed by atoms with E-state index < -0.39 is 8.32 Å². The van der Waals surface area contributed by atoms with Crippen LogP contribution in [0.4, 0.5) is 0 Å². The summed E-state index contributed by atoms with van der Waals surface area (Å²) in [4.78, 5) is 0. The van der Waals surface area contributed by atoms with Gasteiger partial charge in [-0.1, -0.05) is 47.6 Å². The molecule has 0 amide bonds. The number of hydrogen-bond donors (Lipinski definition) is 0. The lowest BCUT2D eigenvalue weighted by Crippen LogP contribution is -2.48. The molecule has 120 valence electrons. The van der Waals surface area contributed by atoms with E-state index >= 15 is 0 Å². The van der Waals surface area contributed by atoms with E-state index in [2.05, 4.69) is 53.7 Å². The molecule has 1 aliphatic carbocycles. The van der Waals surface area contributed by atoms with Gasteiger partial charge in [-0.2, -0.15) is 5.26 Å². The number of nitrogens with zero attached hydrogens (tertiary/aromatic N) is 1. The third kappa shape index (κ3) is 4.44. The highest BCUT2D eigenvalue weighted by atomic mass is 28.4. The number of nitriles is 1. The summed E-state index contributed by atoms with van der Waals surface area (Å²) in [6.07, 6.45) is 6.39. The molecule has 0 saturated carbocycles. The first-order valence-corrected chi connectivity index (χ1v) is 10.7. The van der Waals surface area contributed by atoms with Crippen LogP contribution in [0.2, 0.25) is 16.6 Å². The van der Waals surface area contributed by atoms with Gasteiger partial charge in [-0.05, 0) is 47.4 Å². The number of rotatable bonds is 7. The monoisotopic (exact) mass is 307 g/mol. The van der Waals surface area contributed by atoms with Gasteiger partial charge in [0.25, 0.3) is 0 Å². The summed E-state index contributed by atoms with van der Waals surface area (Å²) in [7, 11) is -1.76. The Bertz CT molecular complexity index is 371. The van der Waals surface area contributed by atoms with Crippen LogP contribution in [-0.4, -0.2) is 14.9 Å². The maximum Gasteiger partial charge on any atom is 0.200 e. The second-order valence-electron chi connectivity index (χ2n) is 7.48. The Morgan fingerprint density at radius 1 is 1.19 bits per heavy atom. The molecule has 1 atom stereocenters. The highest BCUT2D eigenvalue weighted by molar-refractivity contribution is 6.77. The fourth-order valence-corrected chi connectivity index (χ4v) is 9.65. The Hall–Kier alpha value is -0.593. The maximum atomic E-state index is 8.89. The summed E-state index contributed by atoms with van der Waals surface area (Å²) in [5.74, 6) is 0.548. The molecule has 0 bridgehead atoms. The van der Waals surface area contributed by atoms with Crippen LogP contribution in [0.25, 0.3) is 0 Å². The van der Waals surface area contributed by atoms with Crippen LogP contribution in [0.15, 0.2) is 11.6 Å². The summed E-state index contributed by atoms with van der Waals surface area (Å²) in [6, 6.07) is 2.33. The van der Waals surface area contributed by atoms with Gasteiger partial charge in [-0.3, -0.25) is 0 Å². The smallest absolute Gasteiger partial charge is 0.200 e. The fourth-order valence-electron chi connectivity index (χ4n) is 4.22. The molecular formula is C18H33NOSi. The highest BCUT2D eigenvalue weighted by Gasteiger charge is 2.45. The highest BCUT2D eigenvalue weighted by Crippen LogP contribution is 2.42. The Morgan fingerprint density at radius 2 is 1.76 bits per heavy atom. The van der Waals surface area contributed by atoms with Crippen molar-refractivity contribution in [2.24, 2.45) is 5.92 Å². The molecule has 0 aromatic carbocycles. The van der Waals surface area contributed by atoms with Crippen molar-refractivity contribution >= 4 is 8.32 Å². The molecule has 1 rings (SSSR count). The van der Waals surface area contributed by atoms with Gasteiger partial charge < -0.3 is 4.43 Å². The quantitative estimate of drug-likeness (QED) is 0.438. The molecule has 21 heavy (non-hydrogen) atoms. The van der Waals surface area contributed by atoms with Crippen LogP contribution in [0.5, 0.6) is 0 Å². The van der Waals surface area contributed by atoms with Crippen molar-refractivity contribution in [3.8, 4) is 6.07 Å². The van der Waals surface area contributed by atoms with Crippen molar-refractivity contribution in [1.82, 2.24) is 0 Å². The van der Waals surface area contributed by atoms with Crippen molar-refractivity contribution in [3.63, 3.8) is 0 Å². The van der Waals surface area contributed by atoms with Crippen LogP contribution < -0.4 is 0 Å². The summed E-state index contributed by atoms with van der Waals surface area (Å²) in [6.45, 7) is 14.8. The maximum absolute atomic E-state index is 8.89. The average molecular weight is 308 g/mol. The second-order valence-corrected chi connectivity index (χ2v) is 12.9.